The van der Waals surface area contributed by atoms with Gasteiger partial charge < -0.3 is 20.7 Å². The molecule has 0 saturated carbocycles. The summed E-state index contributed by atoms with van der Waals surface area (Å²) in [6.45, 7) is 10.6. The highest BCUT2D eigenvalue weighted by atomic mass is 35.5. The third-order valence-electron chi connectivity index (χ3n) is 6.23. The molecule has 2 aromatic rings. The van der Waals surface area contributed by atoms with Gasteiger partial charge in [0.05, 0.1) is 39.9 Å². The Morgan fingerprint density at radius 1 is 1.27 bits per heavy atom. The minimum absolute atomic E-state index is 0. The van der Waals surface area contributed by atoms with E-state index in [1.807, 2.05) is 12.3 Å². The topological polar surface area (TPSA) is 144 Å². The van der Waals surface area contributed by atoms with E-state index in [-0.39, 0.29) is 43.6 Å². The van der Waals surface area contributed by atoms with Crippen LogP contribution in [0.15, 0.2) is 35.2 Å². The summed E-state index contributed by atoms with van der Waals surface area (Å²) in [7, 11) is -3.86. The number of aryl methyl sites for hydroxylation is 1. The van der Waals surface area contributed by atoms with Crippen molar-refractivity contribution in [3.63, 3.8) is 0 Å². The number of hydrogen-bond donors (Lipinski definition) is 3. The molecule has 4 N–H and O–H groups in total. The van der Waals surface area contributed by atoms with Gasteiger partial charge in [0, 0.05) is 23.5 Å². The summed E-state index contributed by atoms with van der Waals surface area (Å²) in [4.78, 5) is 32.5. The van der Waals surface area contributed by atoms with Gasteiger partial charge in [0.2, 0.25) is 21.8 Å². The summed E-state index contributed by atoms with van der Waals surface area (Å²) in [5.74, 6) is -0.941. The van der Waals surface area contributed by atoms with Gasteiger partial charge in [0.1, 0.15) is 6.04 Å². The lowest BCUT2D eigenvalue weighted by Gasteiger charge is -2.32. The molecular formula is C26H37Cl2N5O5S2. The fraction of sp³-hybridized carbons (Fsp3) is 0.500. The van der Waals surface area contributed by atoms with Crippen LogP contribution in [-0.2, 0) is 31.0 Å². The van der Waals surface area contributed by atoms with E-state index in [2.05, 4.69) is 15.0 Å². The molecule has 40 heavy (non-hydrogen) atoms. The van der Waals surface area contributed by atoms with Gasteiger partial charge in [-0.2, -0.15) is 0 Å². The fourth-order valence-corrected chi connectivity index (χ4v) is 6.84. The maximum atomic E-state index is 13.8. The fourth-order valence-electron chi connectivity index (χ4n) is 4.13. The molecule has 1 aliphatic heterocycles. The van der Waals surface area contributed by atoms with Crippen LogP contribution < -0.4 is 15.8 Å². The van der Waals surface area contributed by atoms with Crippen molar-refractivity contribution in [2.24, 2.45) is 5.73 Å². The van der Waals surface area contributed by atoms with E-state index in [4.69, 9.17) is 22.1 Å². The van der Waals surface area contributed by atoms with Gasteiger partial charge in [-0.05, 0) is 64.8 Å². The Morgan fingerprint density at radius 2 is 1.90 bits per heavy atom. The Kier molecular flexibility index (Phi) is 11.3. The van der Waals surface area contributed by atoms with Gasteiger partial charge >= 0.3 is 0 Å². The first kappa shape index (κ1) is 34.1. The summed E-state index contributed by atoms with van der Waals surface area (Å²) in [5, 5.41) is 5.95. The number of nitrogens with two attached hydrogens (primary N) is 1. The predicted octanol–water partition coefficient (Wildman–Crippen LogP) is 3.24. The Hall–Kier alpha value is -2.06. The Bertz CT molecular complexity index is 1350. The number of hydrogen-bond acceptors (Lipinski definition) is 8. The zero-order chi connectivity index (χ0) is 29.2. The molecule has 0 radical (unpaired) electrons. The van der Waals surface area contributed by atoms with Crippen molar-refractivity contribution in [1.29, 1.82) is 0 Å². The number of rotatable bonds is 11. The molecule has 0 aliphatic carbocycles. The van der Waals surface area contributed by atoms with Crippen LogP contribution in [0, 0.1) is 6.92 Å². The molecule has 222 valence electrons. The second-order valence-electron chi connectivity index (χ2n) is 10.5. The molecule has 1 aliphatic rings. The van der Waals surface area contributed by atoms with Crippen molar-refractivity contribution in [1.82, 2.24) is 19.9 Å². The van der Waals surface area contributed by atoms with Crippen LogP contribution in [0.4, 0.5) is 0 Å². The first-order valence-corrected chi connectivity index (χ1v) is 15.2. The average molecular weight is 635 g/mol. The summed E-state index contributed by atoms with van der Waals surface area (Å²) in [6.07, 6.45) is 0. The van der Waals surface area contributed by atoms with Crippen LogP contribution in [-0.4, -0.2) is 66.9 Å². The second kappa shape index (κ2) is 13.3. The van der Waals surface area contributed by atoms with Crippen molar-refractivity contribution in [2.45, 2.75) is 65.3 Å². The quantitative estimate of drug-likeness (QED) is 0.344. The van der Waals surface area contributed by atoms with Crippen molar-refractivity contribution < 1.29 is 22.7 Å². The molecule has 0 fully saturated rings. The lowest BCUT2D eigenvalue weighted by molar-refractivity contribution is -0.139. The monoisotopic (exact) mass is 633 g/mol. The molecule has 14 heteroatoms. The average Bonchev–Trinajstić information content (AvgIpc) is 3.32. The van der Waals surface area contributed by atoms with Crippen LogP contribution in [0.2, 0.25) is 5.02 Å². The van der Waals surface area contributed by atoms with Crippen molar-refractivity contribution in [3.05, 3.63) is 56.5 Å². The highest BCUT2D eigenvalue weighted by molar-refractivity contribution is 7.99. The number of nitrogens with zero attached hydrogens (tertiary/aromatic N) is 2. The number of likely N-dealkylation sites (N-methyl/N-ethyl adjacent to an activating group) is 1. The molecular weight excluding hydrogens is 597 g/mol. The number of sulfonamides is 1. The molecule has 0 spiro atoms. The smallest absolute Gasteiger partial charge is 0.247 e. The third kappa shape index (κ3) is 8.25. The number of thiazole rings is 1. The Morgan fingerprint density at radius 3 is 2.42 bits per heavy atom. The lowest BCUT2D eigenvalue weighted by Crippen LogP contribution is -2.58. The number of carbonyl (C=O) groups excluding carboxylic acids is 2. The van der Waals surface area contributed by atoms with Crippen LogP contribution in [0.3, 0.4) is 0 Å². The first-order valence-electron chi connectivity index (χ1n) is 12.5. The maximum absolute atomic E-state index is 13.8. The van der Waals surface area contributed by atoms with E-state index < -0.39 is 39.0 Å². The molecule has 2 amide bonds. The van der Waals surface area contributed by atoms with Crippen LogP contribution in [0.5, 0.6) is 0 Å². The minimum atomic E-state index is -3.86. The van der Waals surface area contributed by atoms with E-state index in [0.717, 1.165) is 10.7 Å². The van der Waals surface area contributed by atoms with E-state index in [9.17, 15) is 18.0 Å². The molecule has 1 atom stereocenters. The van der Waals surface area contributed by atoms with Crippen LogP contribution in [0.1, 0.15) is 50.9 Å². The minimum Gasteiger partial charge on any atom is -0.372 e. The highest BCUT2D eigenvalue weighted by Gasteiger charge is 2.44. The number of benzene rings is 1. The molecule has 10 nitrogen and oxygen atoms in total. The van der Waals surface area contributed by atoms with Crippen LogP contribution >= 0.6 is 35.3 Å². The molecule has 1 aromatic carbocycles. The molecule has 2 heterocycles. The van der Waals surface area contributed by atoms with E-state index in [1.54, 1.807) is 58.9 Å². The summed E-state index contributed by atoms with van der Waals surface area (Å²) in [6, 6.07) is 5.46. The number of amides is 2. The largest absolute Gasteiger partial charge is 0.372 e. The van der Waals surface area contributed by atoms with Gasteiger partial charge in [-0.3, -0.25) is 9.59 Å². The molecule has 3 rings (SSSR count). The Labute approximate surface area is 251 Å². The van der Waals surface area contributed by atoms with Gasteiger partial charge in [-0.1, -0.05) is 23.7 Å². The summed E-state index contributed by atoms with van der Waals surface area (Å²) in [5.41, 5.74) is 5.49. The van der Waals surface area contributed by atoms with E-state index in [1.165, 1.54) is 16.2 Å². The van der Waals surface area contributed by atoms with Crippen molar-refractivity contribution in [2.75, 3.05) is 19.7 Å². The van der Waals surface area contributed by atoms with Gasteiger partial charge in [-0.15, -0.1) is 23.7 Å². The number of ether oxygens (including phenoxy) is 1. The number of halogens is 2. The molecule has 0 saturated heterocycles. The summed E-state index contributed by atoms with van der Waals surface area (Å²) < 4.78 is 34.8. The van der Waals surface area contributed by atoms with Gasteiger partial charge in [-0.25, -0.2) is 18.1 Å². The number of aromatic nitrogens is 1. The zero-order valence-electron chi connectivity index (χ0n) is 23.4. The SMILES string of the molecule is CCN(CC1=C(c2ccc(Cl)cc2)S(=O)(=O)NC1(C)C)C(=O)[C@@H](COCc1csc(C)n1)NC(=O)C(C)(C)N.Cl. The lowest BCUT2D eigenvalue weighted by atomic mass is 9.92. The van der Waals surface area contributed by atoms with Crippen molar-refractivity contribution >= 4 is 62.1 Å². The zero-order valence-corrected chi connectivity index (χ0v) is 26.6. The maximum Gasteiger partial charge on any atom is 0.247 e. The van der Waals surface area contributed by atoms with E-state index >= 15 is 0 Å². The van der Waals surface area contributed by atoms with Crippen LogP contribution in [0.25, 0.3) is 4.91 Å². The van der Waals surface area contributed by atoms with E-state index in [0.29, 0.717) is 16.2 Å². The molecule has 0 bridgehead atoms. The second-order valence-corrected chi connectivity index (χ2v) is 13.6. The molecule has 1 aromatic heterocycles. The molecule has 0 unspecified atom stereocenters. The number of nitrogens with one attached hydrogen (secondary N) is 2. The first-order chi connectivity index (χ1) is 18.0. The van der Waals surface area contributed by atoms with Gasteiger partial charge in [0.15, 0.2) is 0 Å². The number of carbonyl (C=O) groups is 2. The summed E-state index contributed by atoms with van der Waals surface area (Å²) >= 11 is 7.52. The standard InChI is InChI=1S/C26H36ClN5O5S2.ClH/c1-7-32(12-20-22(17-8-10-18(27)11-9-17)39(35,36)31-26(20,5)6)23(33)21(30-24(34)25(3,4)28)14-37-13-19-15-38-16(2)29-19;/h8-11,15,21,31H,7,12-14,28H2,1-6H3,(H,30,34);1H/t21-;/m1./s1. The van der Waals surface area contributed by atoms with Crippen molar-refractivity contribution in [3.8, 4) is 0 Å². The third-order valence-corrected chi connectivity index (χ3v) is 9.10. The Balaban J connectivity index is 0.00000560. The predicted molar refractivity (Wildman–Crippen MR) is 161 cm³/mol. The highest BCUT2D eigenvalue weighted by Crippen LogP contribution is 2.38. The normalized spacial score (nSPS) is 16.8. The van der Waals surface area contributed by atoms with Gasteiger partial charge in [0.25, 0.3) is 0 Å².